The van der Waals surface area contributed by atoms with Crippen molar-refractivity contribution in [2.75, 3.05) is 27.2 Å². The zero-order valence-electron chi connectivity index (χ0n) is 30.4. The maximum Gasteiger partial charge on any atom is 0.138 e. The van der Waals surface area contributed by atoms with Crippen molar-refractivity contribution in [2.24, 2.45) is 4.99 Å². The van der Waals surface area contributed by atoms with E-state index in [9.17, 15) is 0 Å². The Labute approximate surface area is 301 Å². The van der Waals surface area contributed by atoms with Gasteiger partial charge in [0.25, 0.3) is 0 Å². The third-order valence-electron chi connectivity index (χ3n) is 10.4. The van der Waals surface area contributed by atoms with E-state index in [4.69, 9.17) is 14.7 Å². The molecule has 0 radical (unpaired) electrons. The standard InChI is InChI=1S/C43H49N7O/c1-7-20-44-36(9-3)42(51-6)28(4)50(21-8-2)27-40-45-26-38(46-40)34-15-14-30-23-29(12-13-31(30)25-34)32-16-18-35-33(24-32)17-19-37-41(35)48-43(47-37)39-11-10-22-49(39)5/h7,9,12-16,18,20,23-26,39,42H,1,4,8,10-11,17,19,21-22,27H2,2-3,5-6H3,(H,45,46)(H,47,48)/b36-9-,44-20?. The van der Waals surface area contributed by atoms with Crippen molar-refractivity contribution in [3.63, 3.8) is 0 Å². The van der Waals surface area contributed by atoms with E-state index in [0.717, 1.165) is 72.3 Å². The number of benzene rings is 3. The number of rotatable bonds is 13. The number of nitrogens with one attached hydrogen (secondary N) is 2. The Kier molecular flexibility index (Phi) is 10.2. The maximum atomic E-state index is 5.84. The van der Waals surface area contributed by atoms with Gasteiger partial charge in [-0.25, -0.2) is 9.97 Å². The molecule has 2 aromatic heterocycles. The first kappa shape index (κ1) is 34.4. The van der Waals surface area contributed by atoms with Gasteiger partial charge >= 0.3 is 0 Å². The molecule has 2 atom stereocenters. The van der Waals surface area contributed by atoms with Gasteiger partial charge in [-0.1, -0.05) is 74.7 Å². The molecule has 262 valence electrons. The average molecular weight is 680 g/mol. The minimum atomic E-state index is -0.361. The van der Waals surface area contributed by atoms with Gasteiger partial charge in [-0.15, -0.1) is 0 Å². The van der Waals surface area contributed by atoms with Crippen LogP contribution >= 0.6 is 0 Å². The van der Waals surface area contributed by atoms with Crippen LogP contribution in [0.15, 0.2) is 102 Å². The molecule has 1 aliphatic carbocycles. The van der Waals surface area contributed by atoms with Crippen molar-refractivity contribution in [1.29, 1.82) is 0 Å². The van der Waals surface area contributed by atoms with Gasteiger partial charge in [0.15, 0.2) is 0 Å². The molecule has 7 rings (SSSR count). The highest BCUT2D eigenvalue weighted by Crippen LogP contribution is 2.38. The van der Waals surface area contributed by atoms with Gasteiger partial charge in [0, 0.05) is 42.4 Å². The lowest BCUT2D eigenvalue weighted by Crippen LogP contribution is -2.32. The van der Waals surface area contributed by atoms with Crippen molar-refractivity contribution < 1.29 is 4.74 Å². The van der Waals surface area contributed by atoms with E-state index >= 15 is 0 Å². The smallest absolute Gasteiger partial charge is 0.138 e. The highest BCUT2D eigenvalue weighted by molar-refractivity contribution is 5.91. The number of methoxy groups -OCH3 is 1. The van der Waals surface area contributed by atoms with E-state index in [-0.39, 0.29) is 6.10 Å². The van der Waals surface area contributed by atoms with Gasteiger partial charge in [-0.3, -0.25) is 9.89 Å². The van der Waals surface area contributed by atoms with E-state index in [1.807, 2.05) is 19.2 Å². The SMILES string of the molecule is C=CC=N/C(=C\C)C(OC)C(=C)N(CCC)Cc1ncc(-c2ccc3cc(-c4ccc5c(c4)CCc4[nH]c(C6CCCN6C)nc4-5)ccc3c2)[nH]1. The largest absolute Gasteiger partial charge is 0.369 e. The fourth-order valence-corrected chi connectivity index (χ4v) is 7.70. The van der Waals surface area contributed by atoms with E-state index in [0.29, 0.717) is 12.6 Å². The van der Waals surface area contributed by atoms with Crippen LogP contribution in [0, 0.1) is 0 Å². The molecular formula is C43H49N7O. The number of aromatic amines is 2. The van der Waals surface area contributed by atoms with Crippen LogP contribution in [0.4, 0.5) is 0 Å². The maximum absolute atomic E-state index is 5.84. The molecule has 0 saturated carbocycles. The minimum absolute atomic E-state index is 0.361. The summed E-state index contributed by atoms with van der Waals surface area (Å²) in [5.74, 6) is 2.00. The molecule has 0 bridgehead atoms. The van der Waals surface area contributed by atoms with E-state index in [1.165, 1.54) is 51.6 Å². The summed E-state index contributed by atoms with van der Waals surface area (Å²) in [6.45, 7) is 14.8. The van der Waals surface area contributed by atoms with E-state index < -0.39 is 0 Å². The Morgan fingerprint density at radius 3 is 2.57 bits per heavy atom. The summed E-state index contributed by atoms with van der Waals surface area (Å²) >= 11 is 0. The van der Waals surface area contributed by atoms with Crippen LogP contribution in [0.25, 0.3) is 44.4 Å². The van der Waals surface area contributed by atoms with Crippen LogP contribution in [-0.2, 0) is 24.1 Å². The second-order valence-corrected chi connectivity index (χ2v) is 13.7. The molecular weight excluding hydrogens is 631 g/mol. The first-order valence-corrected chi connectivity index (χ1v) is 18.2. The van der Waals surface area contributed by atoms with E-state index in [1.54, 1.807) is 19.4 Å². The normalized spacial score (nSPS) is 16.8. The van der Waals surface area contributed by atoms with Gasteiger partial charge in [0.1, 0.15) is 17.8 Å². The summed E-state index contributed by atoms with van der Waals surface area (Å²) in [4.78, 5) is 26.3. The Hall–Kier alpha value is -5.05. The molecule has 1 saturated heterocycles. The fourth-order valence-electron chi connectivity index (χ4n) is 7.70. The number of H-pyrrole nitrogens is 2. The van der Waals surface area contributed by atoms with Gasteiger partial charge in [0.05, 0.1) is 35.9 Å². The summed E-state index contributed by atoms with van der Waals surface area (Å²) in [5.41, 5.74) is 11.3. The lowest BCUT2D eigenvalue weighted by Gasteiger charge is -2.30. The second-order valence-electron chi connectivity index (χ2n) is 13.7. The zero-order chi connectivity index (χ0) is 35.5. The van der Waals surface area contributed by atoms with Crippen LogP contribution < -0.4 is 0 Å². The summed E-state index contributed by atoms with van der Waals surface area (Å²) in [6.07, 6.45) is 12.3. The van der Waals surface area contributed by atoms with Crippen LogP contribution in [0.2, 0.25) is 0 Å². The molecule has 2 N–H and O–H groups in total. The fraction of sp³-hybridized carbons (Fsp3) is 0.326. The molecule has 8 heteroatoms. The quantitative estimate of drug-likeness (QED) is 0.121. The minimum Gasteiger partial charge on any atom is -0.369 e. The Morgan fingerprint density at radius 2 is 1.84 bits per heavy atom. The molecule has 3 heterocycles. The van der Waals surface area contributed by atoms with Crippen molar-refractivity contribution in [3.8, 4) is 33.6 Å². The summed E-state index contributed by atoms with van der Waals surface area (Å²) in [7, 11) is 3.90. The topological polar surface area (TPSA) is 85.4 Å². The monoisotopic (exact) mass is 679 g/mol. The lowest BCUT2D eigenvalue weighted by atomic mass is 9.89. The number of imidazole rings is 2. The molecule has 1 fully saturated rings. The Balaban J connectivity index is 1.07. The first-order valence-electron chi connectivity index (χ1n) is 18.2. The number of aromatic nitrogens is 4. The third kappa shape index (κ3) is 6.99. The molecule has 2 aliphatic rings. The molecule has 3 aromatic carbocycles. The van der Waals surface area contributed by atoms with Crippen molar-refractivity contribution in [3.05, 3.63) is 120 Å². The van der Waals surface area contributed by atoms with Crippen molar-refractivity contribution >= 4 is 17.0 Å². The van der Waals surface area contributed by atoms with Gasteiger partial charge in [0.2, 0.25) is 0 Å². The highest BCUT2D eigenvalue weighted by atomic mass is 16.5. The van der Waals surface area contributed by atoms with Gasteiger partial charge in [-0.05, 0) is 92.2 Å². The molecule has 8 nitrogen and oxygen atoms in total. The number of aryl methyl sites for hydroxylation is 2. The Morgan fingerprint density at radius 1 is 1.08 bits per heavy atom. The van der Waals surface area contributed by atoms with Gasteiger partial charge in [-0.2, -0.15) is 0 Å². The predicted octanol–water partition coefficient (Wildman–Crippen LogP) is 9.05. The molecule has 2 unspecified atom stereocenters. The summed E-state index contributed by atoms with van der Waals surface area (Å²) < 4.78 is 5.84. The van der Waals surface area contributed by atoms with E-state index in [2.05, 4.69) is 106 Å². The number of nitrogens with zero attached hydrogens (tertiary/aromatic N) is 5. The average Bonchev–Trinajstić information content (AvgIpc) is 3.92. The third-order valence-corrected chi connectivity index (χ3v) is 10.4. The predicted molar refractivity (Wildman–Crippen MR) is 210 cm³/mol. The molecule has 0 amide bonds. The second kappa shape index (κ2) is 15.1. The highest BCUT2D eigenvalue weighted by Gasteiger charge is 2.29. The molecule has 1 aliphatic heterocycles. The molecule has 51 heavy (non-hydrogen) atoms. The van der Waals surface area contributed by atoms with Crippen LogP contribution in [0.1, 0.15) is 62.1 Å². The van der Waals surface area contributed by atoms with Crippen LogP contribution in [-0.4, -0.2) is 69.3 Å². The molecule has 5 aromatic rings. The Bertz CT molecular complexity index is 2120. The number of fused-ring (bicyclic) bond motifs is 4. The van der Waals surface area contributed by atoms with Gasteiger partial charge < -0.3 is 19.6 Å². The number of ether oxygens (including phenoxy) is 1. The number of hydrogen-bond donors (Lipinski definition) is 2. The van der Waals surface area contributed by atoms with Crippen LogP contribution in [0.5, 0.6) is 0 Å². The number of likely N-dealkylation sites (tertiary alicyclic amines) is 1. The summed E-state index contributed by atoms with van der Waals surface area (Å²) in [5, 5.41) is 2.40. The molecule has 0 spiro atoms. The lowest BCUT2D eigenvalue weighted by molar-refractivity contribution is 0.124. The summed E-state index contributed by atoms with van der Waals surface area (Å²) in [6, 6.07) is 20.7. The van der Waals surface area contributed by atoms with Crippen molar-refractivity contribution in [2.45, 2.75) is 64.6 Å². The number of aliphatic imine (C=N–C) groups is 1. The van der Waals surface area contributed by atoms with Crippen LogP contribution in [0.3, 0.4) is 0 Å². The number of hydrogen-bond acceptors (Lipinski definition) is 6. The van der Waals surface area contributed by atoms with Crippen molar-refractivity contribution in [1.82, 2.24) is 29.7 Å². The number of allylic oxidation sites excluding steroid dienone is 2. The first-order chi connectivity index (χ1) is 24.9. The zero-order valence-corrected chi connectivity index (χ0v) is 30.4.